The maximum absolute atomic E-state index is 9.07. The molecule has 9 aromatic carbocycles. The average Bonchev–Trinajstić information content (AvgIpc) is 4.30. The largest absolute Gasteiger partial charge is 0.510 e. The Morgan fingerprint density at radius 1 is 0.563 bits per heavy atom. The van der Waals surface area contributed by atoms with Crippen LogP contribution in [-0.4, -0.2) is 14.1 Å². The number of para-hydroxylation sites is 3. The predicted octanol–water partition coefficient (Wildman–Crippen LogP) is 16.2. The molecule has 71 heavy (non-hydrogen) atoms. The van der Waals surface area contributed by atoms with Crippen LogP contribution in [0.25, 0.3) is 94.5 Å². The van der Waals surface area contributed by atoms with Gasteiger partial charge in [-0.2, -0.15) is 18.2 Å². The van der Waals surface area contributed by atoms with Gasteiger partial charge in [-0.25, -0.2) is 4.98 Å². The molecular formula is C65H48N4OPt-2. The molecule has 0 radical (unpaired) electrons. The molecular weight excluding hydrogens is 1050 g/mol. The summed E-state index contributed by atoms with van der Waals surface area (Å²) in [7, 11) is 0. The first-order valence-electron chi connectivity index (χ1n) is 28.3. The van der Waals surface area contributed by atoms with Gasteiger partial charge in [-0.15, -0.1) is 29.7 Å². The van der Waals surface area contributed by atoms with Crippen LogP contribution in [0.2, 0.25) is 0 Å². The Morgan fingerprint density at radius 3 is 1.92 bits per heavy atom. The number of nitrogens with zero attached hydrogens (tertiary/aromatic N) is 4. The van der Waals surface area contributed by atoms with Gasteiger partial charge in [0, 0.05) is 49.8 Å². The van der Waals surface area contributed by atoms with Gasteiger partial charge < -0.3 is 13.9 Å². The van der Waals surface area contributed by atoms with E-state index in [0.717, 1.165) is 62.7 Å². The minimum Gasteiger partial charge on any atom is -0.510 e. The minimum atomic E-state index is -0.574. The van der Waals surface area contributed by atoms with Crippen molar-refractivity contribution in [3.8, 4) is 73.2 Å². The van der Waals surface area contributed by atoms with Gasteiger partial charge in [-0.1, -0.05) is 195 Å². The van der Waals surface area contributed by atoms with Crippen LogP contribution in [0.1, 0.15) is 51.9 Å². The van der Waals surface area contributed by atoms with Crippen LogP contribution in [0.3, 0.4) is 0 Å². The van der Waals surface area contributed by atoms with Gasteiger partial charge in [-0.05, 0) is 86.5 Å². The molecule has 0 fully saturated rings. The summed E-state index contributed by atoms with van der Waals surface area (Å²) in [6, 6.07) is 52.7. The van der Waals surface area contributed by atoms with Crippen molar-refractivity contribution in [2.45, 2.75) is 32.6 Å². The third kappa shape index (κ3) is 8.47. The predicted molar refractivity (Wildman–Crippen MR) is 285 cm³/mol. The zero-order valence-corrected chi connectivity index (χ0v) is 40.9. The molecule has 0 atom stereocenters. The summed E-state index contributed by atoms with van der Waals surface area (Å²) in [6.45, 7) is 4.45. The number of benzene rings is 9. The summed E-state index contributed by atoms with van der Waals surface area (Å²) in [6.07, 6.45) is 7.34. The number of hydrogen-bond acceptors (Lipinski definition) is 2. The fourth-order valence-electron chi connectivity index (χ4n) is 9.65. The Kier molecular flexibility index (Phi) is 9.73. The van der Waals surface area contributed by atoms with E-state index in [-0.39, 0.29) is 49.0 Å². The van der Waals surface area contributed by atoms with E-state index < -0.39 is 60.4 Å². The molecule has 0 saturated carbocycles. The van der Waals surface area contributed by atoms with Crippen molar-refractivity contribution in [2.75, 3.05) is 0 Å². The molecule has 0 saturated heterocycles. The van der Waals surface area contributed by atoms with Gasteiger partial charge in [0.25, 0.3) is 6.33 Å². The van der Waals surface area contributed by atoms with Crippen LogP contribution in [0, 0.1) is 18.5 Å². The van der Waals surface area contributed by atoms with Gasteiger partial charge in [0.2, 0.25) is 0 Å². The van der Waals surface area contributed by atoms with Gasteiger partial charge in [0.15, 0.2) is 0 Å². The molecule has 0 bridgehead atoms. The molecule has 6 heteroatoms. The quantitative estimate of drug-likeness (QED) is 0.0903. The standard InChI is InChI=1S/C65H48N4O.Pt/c1-3-45(4-2)57-42-64(66-43-59(57)49-27-15-8-16-28-49)69-60-38-35-50(46-21-9-5-10-22-46)39-58(60)56-37-36-53(41-63(56)69)70-52-30-19-29-51(40-52)67-44-68(62-34-18-17-33-61(62)67)65-54(47-23-11-6-12-24-47)31-20-32-55(65)48-25-13-7-14-26-48;/h5-39,42-43,45H,3-4H2,1-2H3;/q-2;/i6D,7D,11D,12D,13D,14D,23D,24D,25D,26D;. The Balaban J connectivity index is 0.00000690. The molecule has 12 aromatic rings. The minimum absolute atomic E-state index is 0. The fourth-order valence-corrected chi connectivity index (χ4v) is 9.65. The molecule has 0 aliphatic rings. The first-order valence-corrected chi connectivity index (χ1v) is 23.3. The zero-order valence-electron chi connectivity index (χ0n) is 48.6. The second-order valence-electron chi connectivity index (χ2n) is 17.0. The Morgan fingerprint density at radius 2 is 1.21 bits per heavy atom. The van der Waals surface area contributed by atoms with Crippen LogP contribution in [0.5, 0.6) is 11.5 Å². The molecule has 12 rings (SSSR count). The smallest absolute Gasteiger partial charge is 0.268 e. The van der Waals surface area contributed by atoms with Crippen molar-refractivity contribution in [2.24, 2.45) is 0 Å². The number of pyridine rings is 1. The van der Waals surface area contributed by atoms with E-state index in [1.807, 2.05) is 72.9 Å². The number of hydrogen-bond donors (Lipinski definition) is 0. The summed E-state index contributed by atoms with van der Waals surface area (Å²) in [5.74, 6) is 1.82. The van der Waals surface area contributed by atoms with Crippen LogP contribution in [-0.2, 0) is 21.1 Å². The molecule has 3 heterocycles. The van der Waals surface area contributed by atoms with E-state index >= 15 is 0 Å². The average molecular weight is 1110 g/mol. The van der Waals surface area contributed by atoms with E-state index in [1.54, 1.807) is 33.4 Å². The SMILES string of the molecule is [2H]c1c([2H])c([2H])c(-c2cccc(-c3c([2H])c([2H])c([2H])c([2H])c3[2H])c2-[n+]2[c-]n(-c3[c-]c(Oc4[c-]c5c(cc4)c4cc(-c6ccccc6)ccc4n5-c4cc(C(CC)CC)c(-c5ccccc5)cn4)ccc3)c3ccccc32)c([2H])c1[2H].[Pt]. The van der Waals surface area contributed by atoms with Gasteiger partial charge in [0.1, 0.15) is 5.82 Å². The first kappa shape index (κ1) is 35.1. The number of aromatic nitrogens is 4. The summed E-state index contributed by atoms with van der Waals surface area (Å²) in [5.41, 5.74) is 9.13. The summed E-state index contributed by atoms with van der Waals surface area (Å²) >= 11 is 0. The summed E-state index contributed by atoms with van der Waals surface area (Å²) in [4.78, 5) is 5.18. The van der Waals surface area contributed by atoms with Crippen LogP contribution >= 0.6 is 0 Å². The molecule has 0 N–H and O–H groups in total. The van der Waals surface area contributed by atoms with Gasteiger partial charge >= 0.3 is 0 Å². The number of ether oxygens (including phenoxy) is 1. The Hall–Kier alpha value is -8.11. The Labute approximate surface area is 443 Å². The molecule has 0 spiro atoms. The van der Waals surface area contributed by atoms with Crippen molar-refractivity contribution in [3.05, 3.63) is 248 Å². The topological polar surface area (TPSA) is 35.9 Å². The first-order chi connectivity index (χ1) is 38.8. The monoisotopic (exact) mass is 1110 g/mol. The molecule has 346 valence electrons. The van der Waals surface area contributed by atoms with Crippen molar-refractivity contribution < 1.29 is 44.1 Å². The van der Waals surface area contributed by atoms with Crippen molar-refractivity contribution in [1.29, 1.82) is 0 Å². The number of rotatable bonds is 12. The molecule has 0 aliphatic heterocycles. The van der Waals surface area contributed by atoms with Crippen molar-refractivity contribution >= 4 is 32.8 Å². The van der Waals surface area contributed by atoms with E-state index in [1.165, 1.54) is 5.56 Å². The number of imidazole rings is 1. The zero-order chi connectivity index (χ0) is 55.7. The molecule has 0 unspecified atom stereocenters. The van der Waals surface area contributed by atoms with E-state index in [2.05, 4.69) is 104 Å². The maximum Gasteiger partial charge on any atom is 0.268 e. The third-order valence-corrected chi connectivity index (χ3v) is 13.0. The van der Waals surface area contributed by atoms with Gasteiger partial charge in [0.05, 0.1) is 30.4 Å². The second kappa shape index (κ2) is 19.7. The maximum atomic E-state index is 9.07. The molecule has 0 amide bonds. The van der Waals surface area contributed by atoms with E-state index in [4.69, 9.17) is 23.4 Å². The molecule has 0 aliphatic carbocycles. The van der Waals surface area contributed by atoms with E-state index in [9.17, 15) is 0 Å². The van der Waals surface area contributed by atoms with Crippen molar-refractivity contribution in [1.82, 2.24) is 14.1 Å². The second-order valence-corrected chi connectivity index (χ2v) is 17.0. The fraction of sp³-hybridized carbons (Fsp3) is 0.0769. The van der Waals surface area contributed by atoms with Crippen molar-refractivity contribution in [3.63, 3.8) is 0 Å². The summed E-state index contributed by atoms with van der Waals surface area (Å²) < 4.78 is 99.7. The van der Waals surface area contributed by atoms with Crippen LogP contribution in [0.15, 0.2) is 224 Å². The third-order valence-electron chi connectivity index (χ3n) is 13.0. The molecule has 5 nitrogen and oxygen atoms in total. The number of fused-ring (bicyclic) bond motifs is 4. The normalized spacial score (nSPS) is 13.3. The Bertz CT molecular complexity index is 4300. The van der Waals surface area contributed by atoms with Gasteiger partial charge in [-0.3, -0.25) is 4.57 Å². The van der Waals surface area contributed by atoms with Crippen LogP contribution < -0.4 is 9.30 Å². The van der Waals surface area contributed by atoms with E-state index in [0.29, 0.717) is 34.1 Å². The molecule has 3 aromatic heterocycles. The summed E-state index contributed by atoms with van der Waals surface area (Å²) in [5, 5.41) is 1.99. The van der Waals surface area contributed by atoms with Crippen LogP contribution in [0.4, 0.5) is 0 Å².